The lowest BCUT2D eigenvalue weighted by atomic mass is 10.1. The smallest absolute Gasteiger partial charge is 0.499 e. The van der Waals surface area contributed by atoms with Crippen LogP contribution in [-0.2, 0) is 19.6 Å². The zero-order valence-corrected chi connectivity index (χ0v) is 17.3. The number of hydrogen-bond acceptors (Lipinski definition) is 10. The van der Waals surface area contributed by atoms with Gasteiger partial charge in [0, 0.05) is 19.2 Å². The first-order valence-corrected chi connectivity index (χ1v) is 10.3. The molecule has 0 atom stereocenters. The van der Waals surface area contributed by atoms with Gasteiger partial charge in [0.15, 0.2) is 5.75 Å². The van der Waals surface area contributed by atoms with E-state index in [9.17, 15) is 38.5 Å². The first-order valence-electron chi connectivity index (χ1n) is 8.65. The highest BCUT2D eigenvalue weighted by atomic mass is 32.2. The highest BCUT2D eigenvalue weighted by molar-refractivity contribution is 7.85. The van der Waals surface area contributed by atoms with Gasteiger partial charge in [-0.15, -0.1) is 0 Å². The number of likely N-dealkylation sites (N-methyl/N-ethyl adjacent to an activating group) is 1. The Morgan fingerprint density at radius 2 is 1.94 bits per heavy atom. The molecule has 1 amide bonds. The third-order valence-corrected chi connectivity index (χ3v) is 4.42. The number of phenolic OH excluding ortho intramolecular Hbond substituents is 1. The van der Waals surface area contributed by atoms with Crippen molar-refractivity contribution in [1.82, 2.24) is 4.90 Å². The Morgan fingerprint density at radius 3 is 2.42 bits per heavy atom. The number of nitriles is 1. The zero-order valence-electron chi connectivity index (χ0n) is 16.5. The first-order chi connectivity index (χ1) is 14.4. The Labute approximate surface area is 177 Å². The van der Waals surface area contributed by atoms with Crippen molar-refractivity contribution >= 4 is 33.9 Å². The molecule has 1 aromatic carbocycles. The molecule has 0 saturated carbocycles. The van der Waals surface area contributed by atoms with E-state index in [1.807, 2.05) is 0 Å². The Kier molecular flexibility index (Phi) is 8.91. The van der Waals surface area contributed by atoms with Gasteiger partial charge in [0.2, 0.25) is 5.75 Å². The van der Waals surface area contributed by atoms with Gasteiger partial charge >= 0.3 is 11.8 Å². The van der Waals surface area contributed by atoms with Gasteiger partial charge in [-0.3, -0.25) is 19.5 Å². The van der Waals surface area contributed by atoms with Crippen LogP contribution in [0.5, 0.6) is 11.5 Å². The van der Waals surface area contributed by atoms with Crippen LogP contribution in [0.25, 0.3) is 6.08 Å². The van der Waals surface area contributed by atoms with E-state index in [1.165, 1.54) is 4.90 Å². The predicted octanol–water partition coefficient (Wildman–Crippen LogP) is 1.48. The molecule has 0 heterocycles. The van der Waals surface area contributed by atoms with E-state index in [0.717, 1.165) is 18.2 Å². The fourth-order valence-corrected chi connectivity index (χ4v) is 2.55. The van der Waals surface area contributed by atoms with Gasteiger partial charge in [-0.1, -0.05) is 0 Å². The maximum absolute atomic E-state index is 12.4. The van der Waals surface area contributed by atoms with Gasteiger partial charge in [0.05, 0.1) is 4.92 Å². The molecule has 0 spiro atoms. The number of carbonyl (C=O) groups excluding carboxylic acids is 2. The van der Waals surface area contributed by atoms with Crippen molar-refractivity contribution in [3.8, 4) is 17.6 Å². The van der Waals surface area contributed by atoms with Crippen molar-refractivity contribution in [2.24, 2.45) is 0 Å². The highest BCUT2D eigenvalue weighted by Gasteiger charge is 2.23. The van der Waals surface area contributed by atoms with Crippen LogP contribution in [-0.4, -0.2) is 65.4 Å². The van der Waals surface area contributed by atoms with Gasteiger partial charge in [-0.2, -0.15) is 13.7 Å². The zero-order chi connectivity index (χ0) is 23.8. The summed E-state index contributed by atoms with van der Waals surface area (Å²) in [4.78, 5) is 35.6. The lowest BCUT2D eigenvalue weighted by Crippen LogP contribution is -2.31. The van der Waals surface area contributed by atoms with Crippen LogP contribution in [0.2, 0.25) is 0 Å². The Hall–Kier alpha value is -3.70. The molecule has 0 unspecified atom stereocenters. The van der Waals surface area contributed by atoms with Gasteiger partial charge in [0.25, 0.3) is 16.0 Å². The van der Waals surface area contributed by atoms with E-state index in [2.05, 4.69) is 9.47 Å². The molecular weight excluding hydrogens is 438 g/mol. The Bertz CT molecular complexity index is 1040. The lowest BCUT2D eigenvalue weighted by molar-refractivity contribution is -0.385. The number of nitro benzene ring substituents is 1. The van der Waals surface area contributed by atoms with E-state index < -0.39 is 56.7 Å². The molecule has 0 aliphatic carbocycles. The number of amides is 1. The van der Waals surface area contributed by atoms with Crippen LogP contribution < -0.4 is 4.74 Å². The van der Waals surface area contributed by atoms with Gasteiger partial charge in [-0.05, 0) is 31.6 Å². The minimum Gasteiger partial charge on any atom is -0.499 e. The quantitative estimate of drug-likeness (QED) is 0.104. The summed E-state index contributed by atoms with van der Waals surface area (Å²) in [6, 6.07) is 3.49. The van der Waals surface area contributed by atoms with Gasteiger partial charge < -0.3 is 19.5 Å². The molecule has 13 nitrogen and oxygen atoms in total. The van der Waals surface area contributed by atoms with Crippen LogP contribution in [0, 0.1) is 21.4 Å². The molecule has 0 saturated heterocycles. The lowest BCUT2D eigenvalue weighted by Gasteiger charge is -2.17. The maximum Gasteiger partial charge on any atom is 0.514 e. The van der Waals surface area contributed by atoms with E-state index in [4.69, 9.17) is 4.55 Å². The number of hydrogen-bond donors (Lipinski definition) is 2. The number of benzene rings is 1. The average molecular weight is 457 g/mol. The number of aromatic hydroxyl groups is 1. The second-order valence-electron chi connectivity index (χ2n) is 5.78. The summed E-state index contributed by atoms with van der Waals surface area (Å²) in [5.41, 5.74) is -1.35. The molecule has 1 aromatic rings. The normalized spacial score (nSPS) is 11.4. The van der Waals surface area contributed by atoms with Crippen molar-refractivity contribution in [3.63, 3.8) is 0 Å². The molecule has 0 aliphatic rings. The molecule has 1 rings (SSSR count). The Balaban J connectivity index is 3.28. The van der Waals surface area contributed by atoms with Gasteiger partial charge in [-0.25, -0.2) is 4.79 Å². The van der Waals surface area contributed by atoms with Crippen molar-refractivity contribution < 1.29 is 42.1 Å². The minimum absolute atomic E-state index is 0.109. The Morgan fingerprint density at radius 1 is 1.32 bits per heavy atom. The largest absolute Gasteiger partial charge is 0.514 e. The van der Waals surface area contributed by atoms with Gasteiger partial charge in [0.1, 0.15) is 24.0 Å². The molecule has 2 N–H and O–H groups in total. The molecule has 0 radical (unpaired) electrons. The van der Waals surface area contributed by atoms with Crippen LogP contribution in [0.1, 0.15) is 19.4 Å². The molecule has 0 bridgehead atoms. The maximum atomic E-state index is 12.4. The van der Waals surface area contributed by atoms with Crippen LogP contribution in [0.3, 0.4) is 0 Å². The molecule has 31 heavy (non-hydrogen) atoms. The minimum atomic E-state index is -4.41. The number of carbonyl (C=O) groups is 2. The van der Waals surface area contributed by atoms with Crippen LogP contribution >= 0.6 is 0 Å². The fourth-order valence-electron chi connectivity index (χ4n) is 2.25. The standard InChI is InChI=1S/C17H19N3O10S/c1-3-19(4-2)16(22)12(10-18)7-11-8-13(20(24)25)15(21)14(9-11)30-17(23)29-5-6-31(26,27)28/h7-9,21H,3-6H2,1-2H3,(H,26,27,28)/b12-7+. The molecule has 0 aliphatic heterocycles. The van der Waals surface area contributed by atoms with E-state index in [0.29, 0.717) is 13.1 Å². The number of phenols is 1. The molecule has 14 heteroatoms. The van der Waals surface area contributed by atoms with Crippen molar-refractivity contribution in [1.29, 1.82) is 5.26 Å². The van der Waals surface area contributed by atoms with Crippen LogP contribution in [0.4, 0.5) is 10.5 Å². The summed E-state index contributed by atoms with van der Waals surface area (Å²) < 4.78 is 38.9. The second-order valence-corrected chi connectivity index (χ2v) is 7.35. The van der Waals surface area contributed by atoms with E-state index in [-0.39, 0.29) is 11.1 Å². The first kappa shape index (κ1) is 25.3. The summed E-state index contributed by atoms with van der Waals surface area (Å²) in [7, 11) is -4.41. The monoisotopic (exact) mass is 457 g/mol. The van der Waals surface area contributed by atoms with Crippen molar-refractivity contribution in [3.05, 3.63) is 33.4 Å². The van der Waals surface area contributed by atoms with Crippen LogP contribution in [0.15, 0.2) is 17.7 Å². The van der Waals surface area contributed by atoms with E-state index >= 15 is 0 Å². The van der Waals surface area contributed by atoms with Crippen molar-refractivity contribution in [2.75, 3.05) is 25.4 Å². The number of nitrogens with zero attached hydrogens (tertiary/aromatic N) is 3. The number of nitro groups is 1. The van der Waals surface area contributed by atoms with E-state index in [1.54, 1.807) is 19.9 Å². The topological polar surface area (TPSA) is 197 Å². The summed E-state index contributed by atoms with van der Waals surface area (Å²) in [5.74, 6) is -3.32. The SMILES string of the molecule is CCN(CC)C(=O)/C(C#N)=C/c1cc(OC(=O)OCCS(=O)(=O)O)c(O)c([N+](=O)[O-])c1. The predicted molar refractivity (Wildman–Crippen MR) is 105 cm³/mol. The molecule has 0 fully saturated rings. The highest BCUT2D eigenvalue weighted by Crippen LogP contribution is 2.38. The fraction of sp³-hybridized carbons (Fsp3) is 0.353. The summed E-state index contributed by atoms with van der Waals surface area (Å²) in [5, 5.41) is 30.5. The number of rotatable bonds is 9. The van der Waals surface area contributed by atoms with Crippen molar-refractivity contribution in [2.45, 2.75) is 13.8 Å². The summed E-state index contributed by atoms with van der Waals surface area (Å²) >= 11 is 0. The molecule has 168 valence electrons. The average Bonchev–Trinajstić information content (AvgIpc) is 2.67. The number of ether oxygens (including phenoxy) is 2. The third-order valence-electron chi connectivity index (χ3n) is 3.74. The third kappa shape index (κ3) is 7.57. The second kappa shape index (κ2) is 10.9. The summed E-state index contributed by atoms with van der Waals surface area (Å²) in [6.45, 7) is 3.24. The summed E-state index contributed by atoms with van der Waals surface area (Å²) in [6.07, 6.45) is -0.502. The molecular formula is C17H19N3O10S. The molecule has 0 aromatic heterocycles.